The predicted octanol–water partition coefficient (Wildman–Crippen LogP) is 3.13. The topological polar surface area (TPSA) is 24.5 Å². The first-order valence-electron chi connectivity index (χ1n) is 7.91. The van der Waals surface area contributed by atoms with Crippen LogP contribution < -0.4 is 10.1 Å². The lowest BCUT2D eigenvalue weighted by Crippen LogP contribution is -2.44. The highest BCUT2D eigenvalue weighted by atomic mass is 35.5. The van der Waals surface area contributed by atoms with Crippen LogP contribution in [-0.2, 0) is 6.42 Å². The van der Waals surface area contributed by atoms with E-state index < -0.39 is 0 Å². The van der Waals surface area contributed by atoms with Gasteiger partial charge in [-0.25, -0.2) is 0 Å². The lowest BCUT2D eigenvalue weighted by Gasteiger charge is -2.27. The number of benzene rings is 1. The van der Waals surface area contributed by atoms with Crippen LogP contribution in [0.25, 0.3) is 0 Å². The van der Waals surface area contributed by atoms with E-state index in [1.165, 1.54) is 5.56 Å². The number of piperazine rings is 1. The van der Waals surface area contributed by atoms with E-state index in [0.717, 1.165) is 62.1 Å². The summed E-state index contributed by atoms with van der Waals surface area (Å²) in [5.41, 5.74) is 2.31. The van der Waals surface area contributed by atoms with Gasteiger partial charge in [0.15, 0.2) is 0 Å². The first-order valence-corrected chi connectivity index (χ1v) is 8.29. The van der Waals surface area contributed by atoms with Crippen molar-refractivity contribution in [3.05, 3.63) is 28.3 Å². The molecule has 21 heavy (non-hydrogen) atoms. The van der Waals surface area contributed by atoms with E-state index in [1.54, 1.807) is 0 Å². The molecule has 1 N–H and O–H groups in total. The lowest BCUT2D eigenvalue weighted by molar-refractivity contribution is 0.239. The number of halogens is 1. The minimum atomic E-state index is 0.530. The minimum Gasteiger partial charge on any atom is -0.493 e. The molecule has 2 rings (SSSR count). The smallest absolute Gasteiger partial charge is 0.122 e. The van der Waals surface area contributed by atoms with Gasteiger partial charge in [0.1, 0.15) is 5.75 Å². The van der Waals surface area contributed by atoms with Crippen LogP contribution in [-0.4, -0.2) is 44.2 Å². The van der Waals surface area contributed by atoms with E-state index in [-0.39, 0.29) is 0 Å². The van der Waals surface area contributed by atoms with Crippen LogP contribution in [0.5, 0.6) is 5.75 Å². The van der Waals surface area contributed by atoms with E-state index in [4.69, 9.17) is 16.3 Å². The molecule has 1 aromatic rings. The first kappa shape index (κ1) is 16.6. The number of nitrogens with zero attached hydrogens (tertiary/aromatic N) is 1. The monoisotopic (exact) mass is 310 g/mol. The van der Waals surface area contributed by atoms with Gasteiger partial charge >= 0.3 is 0 Å². The molecule has 0 amide bonds. The summed E-state index contributed by atoms with van der Waals surface area (Å²) in [7, 11) is 0. The second kappa shape index (κ2) is 8.02. The van der Waals surface area contributed by atoms with Gasteiger partial charge in [-0.1, -0.05) is 25.4 Å². The van der Waals surface area contributed by atoms with Crippen LogP contribution in [0.2, 0.25) is 5.02 Å². The summed E-state index contributed by atoms with van der Waals surface area (Å²) in [5.74, 6) is 1.53. The number of nitrogens with one attached hydrogen (secondary N) is 1. The summed E-state index contributed by atoms with van der Waals surface area (Å²) in [4.78, 5) is 2.50. The third-order valence-electron chi connectivity index (χ3n) is 3.82. The second-order valence-electron chi connectivity index (χ2n) is 6.26. The Morgan fingerprint density at radius 2 is 2.00 bits per heavy atom. The molecule has 1 heterocycles. The molecule has 0 saturated carbocycles. The van der Waals surface area contributed by atoms with Gasteiger partial charge < -0.3 is 15.0 Å². The van der Waals surface area contributed by atoms with Crippen LogP contribution >= 0.6 is 11.6 Å². The molecule has 0 aliphatic carbocycles. The fraction of sp³-hybridized carbons (Fsp3) is 0.647. The van der Waals surface area contributed by atoms with Gasteiger partial charge in [-0.15, -0.1) is 0 Å². The Morgan fingerprint density at radius 3 is 2.67 bits per heavy atom. The molecule has 0 spiro atoms. The van der Waals surface area contributed by atoms with Gasteiger partial charge in [0.2, 0.25) is 0 Å². The van der Waals surface area contributed by atoms with E-state index in [1.807, 2.05) is 6.92 Å². The number of ether oxygens (including phenoxy) is 1. The molecule has 1 saturated heterocycles. The Hall–Kier alpha value is -0.770. The van der Waals surface area contributed by atoms with Crippen molar-refractivity contribution in [3.63, 3.8) is 0 Å². The number of hydrogen-bond donors (Lipinski definition) is 1. The average Bonchev–Trinajstić information content (AvgIpc) is 2.47. The van der Waals surface area contributed by atoms with Crippen LogP contribution in [0.1, 0.15) is 25.0 Å². The normalized spacial score (nSPS) is 16.4. The molecule has 4 heteroatoms. The maximum atomic E-state index is 6.29. The summed E-state index contributed by atoms with van der Waals surface area (Å²) in [5, 5.41) is 4.22. The Bertz CT molecular complexity index is 456. The molecule has 0 aromatic heterocycles. The van der Waals surface area contributed by atoms with E-state index in [9.17, 15) is 0 Å². The molecule has 1 aliphatic heterocycles. The van der Waals surface area contributed by atoms with Crippen molar-refractivity contribution in [2.75, 3.05) is 39.3 Å². The predicted molar refractivity (Wildman–Crippen MR) is 89.5 cm³/mol. The number of hydrogen-bond acceptors (Lipinski definition) is 3. The maximum absolute atomic E-state index is 6.29. The number of rotatable bonds is 6. The average molecular weight is 311 g/mol. The number of aryl methyl sites for hydroxylation is 1. The minimum absolute atomic E-state index is 0.530. The zero-order valence-corrected chi connectivity index (χ0v) is 14.2. The van der Waals surface area contributed by atoms with Crippen molar-refractivity contribution in [1.82, 2.24) is 10.2 Å². The molecule has 1 aliphatic rings. The second-order valence-corrected chi connectivity index (χ2v) is 6.66. The first-order chi connectivity index (χ1) is 10.1. The van der Waals surface area contributed by atoms with Gasteiger partial charge in [-0.2, -0.15) is 0 Å². The van der Waals surface area contributed by atoms with Crippen LogP contribution in [0, 0.1) is 12.8 Å². The molecule has 0 radical (unpaired) electrons. The van der Waals surface area contributed by atoms with Crippen LogP contribution in [0.4, 0.5) is 0 Å². The zero-order chi connectivity index (χ0) is 15.2. The fourth-order valence-corrected chi connectivity index (χ4v) is 2.68. The summed E-state index contributed by atoms with van der Waals surface area (Å²) < 4.78 is 5.98. The van der Waals surface area contributed by atoms with E-state index in [2.05, 4.69) is 36.2 Å². The SMILES string of the molecule is Cc1cc(OCC(C)C)c(CCN2CCNCC2)cc1Cl. The summed E-state index contributed by atoms with van der Waals surface area (Å²) in [6.07, 6.45) is 0.993. The molecule has 3 nitrogen and oxygen atoms in total. The van der Waals surface area contributed by atoms with Gasteiger partial charge in [0.25, 0.3) is 0 Å². The van der Waals surface area contributed by atoms with Crippen molar-refractivity contribution in [2.45, 2.75) is 27.2 Å². The fourth-order valence-electron chi connectivity index (χ4n) is 2.50. The molecular formula is C17H27ClN2O. The highest BCUT2D eigenvalue weighted by molar-refractivity contribution is 6.31. The van der Waals surface area contributed by atoms with Crippen molar-refractivity contribution in [2.24, 2.45) is 5.92 Å². The molecule has 1 aromatic carbocycles. The Labute approximate surface area is 133 Å². The molecule has 0 bridgehead atoms. The summed E-state index contributed by atoms with van der Waals surface area (Å²) in [6.45, 7) is 12.6. The molecular weight excluding hydrogens is 284 g/mol. The van der Waals surface area contributed by atoms with Crippen LogP contribution in [0.3, 0.4) is 0 Å². The molecule has 118 valence electrons. The molecule has 0 unspecified atom stereocenters. The third-order valence-corrected chi connectivity index (χ3v) is 4.23. The Morgan fingerprint density at radius 1 is 1.29 bits per heavy atom. The van der Waals surface area contributed by atoms with Crippen molar-refractivity contribution < 1.29 is 4.74 Å². The van der Waals surface area contributed by atoms with Gasteiger partial charge in [0, 0.05) is 37.7 Å². The quantitative estimate of drug-likeness (QED) is 0.873. The van der Waals surface area contributed by atoms with E-state index >= 15 is 0 Å². The maximum Gasteiger partial charge on any atom is 0.122 e. The standard InChI is InChI=1S/C17H27ClN2O/c1-13(2)12-21-17-10-14(3)16(18)11-15(17)4-7-20-8-5-19-6-9-20/h10-11,13,19H,4-9,12H2,1-3H3. The lowest BCUT2D eigenvalue weighted by atomic mass is 10.1. The highest BCUT2D eigenvalue weighted by Crippen LogP contribution is 2.27. The largest absolute Gasteiger partial charge is 0.493 e. The van der Waals surface area contributed by atoms with Gasteiger partial charge in [-0.3, -0.25) is 0 Å². The summed E-state index contributed by atoms with van der Waals surface area (Å²) in [6, 6.07) is 4.16. The Kier molecular flexibility index (Phi) is 6.34. The molecule has 1 fully saturated rings. The van der Waals surface area contributed by atoms with Crippen molar-refractivity contribution in [3.8, 4) is 5.75 Å². The third kappa shape index (κ3) is 5.17. The highest BCUT2D eigenvalue weighted by Gasteiger charge is 2.13. The van der Waals surface area contributed by atoms with E-state index in [0.29, 0.717) is 5.92 Å². The zero-order valence-electron chi connectivity index (χ0n) is 13.4. The van der Waals surface area contributed by atoms with Crippen molar-refractivity contribution >= 4 is 11.6 Å². The summed E-state index contributed by atoms with van der Waals surface area (Å²) >= 11 is 6.29. The molecule has 0 atom stereocenters. The Balaban J connectivity index is 2.02. The van der Waals surface area contributed by atoms with Crippen LogP contribution in [0.15, 0.2) is 12.1 Å². The van der Waals surface area contributed by atoms with Crippen molar-refractivity contribution in [1.29, 1.82) is 0 Å². The van der Waals surface area contributed by atoms with Gasteiger partial charge in [-0.05, 0) is 42.5 Å². The van der Waals surface area contributed by atoms with Gasteiger partial charge in [0.05, 0.1) is 6.61 Å².